The Morgan fingerprint density at radius 2 is 1.84 bits per heavy atom. The maximum atomic E-state index is 5.70. The molecule has 19 heavy (non-hydrogen) atoms. The molecular formula is C17H25NO. The molecule has 1 aromatic carbocycles. The third-order valence-electron chi connectivity index (χ3n) is 5.86. The number of rotatable bonds is 3. The first-order valence-corrected chi connectivity index (χ1v) is 7.33. The van der Waals surface area contributed by atoms with E-state index in [0.29, 0.717) is 16.9 Å². The molecule has 2 aliphatic rings. The average Bonchev–Trinajstić information content (AvgIpc) is 2.77. The minimum atomic E-state index is 0.358. The molecule has 1 aliphatic carbocycles. The molecule has 0 bridgehead atoms. The second-order valence-electron chi connectivity index (χ2n) is 7.17. The van der Waals surface area contributed by atoms with Gasteiger partial charge in [-0.3, -0.25) is 0 Å². The van der Waals surface area contributed by atoms with E-state index in [1.165, 1.54) is 11.1 Å². The molecular weight excluding hydrogens is 234 g/mol. The predicted octanol–water partition coefficient (Wildman–Crippen LogP) is 3.53. The summed E-state index contributed by atoms with van der Waals surface area (Å²) in [6.07, 6.45) is 0. The van der Waals surface area contributed by atoms with Crippen molar-refractivity contribution in [1.29, 1.82) is 0 Å². The summed E-state index contributed by atoms with van der Waals surface area (Å²) in [7, 11) is 0. The second kappa shape index (κ2) is 4.32. The van der Waals surface area contributed by atoms with Crippen LogP contribution in [0, 0.1) is 16.7 Å². The summed E-state index contributed by atoms with van der Waals surface area (Å²) >= 11 is 0. The molecule has 2 heteroatoms. The predicted molar refractivity (Wildman–Crippen MR) is 77.9 cm³/mol. The van der Waals surface area contributed by atoms with E-state index in [0.717, 1.165) is 25.7 Å². The van der Waals surface area contributed by atoms with E-state index in [-0.39, 0.29) is 0 Å². The molecule has 1 heterocycles. The lowest BCUT2D eigenvalue weighted by Gasteiger charge is -2.27. The molecule has 1 saturated carbocycles. The number of hydrogen-bond acceptors (Lipinski definition) is 2. The molecule has 1 unspecified atom stereocenters. The molecule has 0 saturated heterocycles. The third-order valence-corrected chi connectivity index (χ3v) is 5.86. The van der Waals surface area contributed by atoms with Crippen LogP contribution in [0.3, 0.4) is 0 Å². The zero-order valence-electron chi connectivity index (χ0n) is 12.5. The summed E-state index contributed by atoms with van der Waals surface area (Å²) in [6.45, 7) is 12.2. The number of fused-ring (bicyclic) bond motifs is 1. The number of hydrogen-bond donors (Lipinski definition) is 1. The van der Waals surface area contributed by atoms with E-state index in [2.05, 4.69) is 57.3 Å². The molecule has 1 fully saturated rings. The molecule has 0 amide bonds. The van der Waals surface area contributed by atoms with Crippen molar-refractivity contribution in [3.05, 3.63) is 35.4 Å². The van der Waals surface area contributed by atoms with E-state index in [9.17, 15) is 0 Å². The maximum Gasteiger partial charge on any atom is 0.0721 e. The Morgan fingerprint density at radius 1 is 1.16 bits per heavy atom. The number of ether oxygens (including phenoxy) is 1. The van der Waals surface area contributed by atoms with E-state index in [1.807, 2.05) is 0 Å². The molecule has 1 atom stereocenters. The first-order chi connectivity index (χ1) is 8.94. The highest BCUT2D eigenvalue weighted by Crippen LogP contribution is 2.68. The first-order valence-electron chi connectivity index (χ1n) is 7.33. The fourth-order valence-corrected chi connectivity index (χ4v) is 3.65. The van der Waals surface area contributed by atoms with Gasteiger partial charge in [0.15, 0.2) is 0 Å². The number of benzene rings is 1. The molecule has 0 spiro atoms. The maximum absolute atomic E-state index is 5.70. The van der Waals surface area contributed by atoms with Gasteiger partial charge >= 0.3 is 0 Å². The summed E-state index contributed by atoms with van der Waals surface area (Å²) in [4.78, 5) is 0. The van der Waals surface area contributed by atoms with Gasteiger partial charge in [-0.1, -0.05) is 52.0 Å². The van der Waals surface area contributed by atoms with Gasteiger partial charge in [0.25, 0.3) is 0 Å². The molecule has 104 valence electrons. The highest BCUT2D eigenvalue weighted by molar-refractivity contribution is 5.31. The van der Waals surface area contributed by atoms with Crippen molar-refractivity contribution in [3.8, 4) is 0 Å². The van der Waals surface area contributed by atoms with Crippen molar-refractivity contribution < 1.29 is 4.74 Å². The second-order valence-corrected chi connectivity index (χ2v) is 7.17. The fraction of sp³-hybridized carbons (Fsp3) is 0.647. The largest absolute Gasteiger partial charge is 0.375 e. The molecule has 0 aromatic heterocycles. The van der Waals surface area contributed by atoms with E-state index < -0.39 is 0 Å². The Bertz CT molecular complexity index is 464. The van der Waals surface area contributed by atoms with Crippen molar-refractivity contribution in [2.24, 2.45) is 16.7 Å². The summed E-state index contributed by atoms with van der Waals surface area (Å²) in [6, 6.07) is 8.99. The number of nitrogens with one attached hydrogen (secondary N) is 1. The Balaban J connectivity index is 1.67. The fourth-order valence-electron chi connectivity index (χ4n) is 3.65. The zero-order chi connectivity index (χ0) is 13.7. The highest BCUT2D eigenvalue weighted by atomic mass is 16.5. The summed E-state index contributed by atoms with van der Waals surface area (Å²) < 4.78 is 5.70. The zero-order valence-corrected chi connectivity index (χ0v) is 12.5. The van der Waals surface area contributed by atoms with Crippen LogP contribution in [0.1, 0.15) is 44.9 Å². The Kier molecular flexibility index (Phi) is 2.99. The minimum Gasteiger partial charge on any atom is -0.375 e. The van der Waals surface area contributed by atoms with Crippen LogP contribution in [-0.4, -0.2) is 13.2 Å². The Morgan fingerprint density at radius 3 is 2.53 bits per heavy atom. The lowest BCUT2D eigenvalue weighted by atomic mass is 9.99. The van der Waals surface area contributed by atoms with Crippen LogP contribution < -0.4 is 5.32 Å². The topological polar surface area (TPSA) is 21.3 Å². The Hall–Kier alpha value is -0.860. The van der Waals surface area contributed by atoms with Crippen LogP contribution >= 0.6 is 0 Å². The van der Waals surface area contributed by atoms with Gasteiger partial charge in [-0.2, -0.15) is 0 Å². The van der Waals surface area contributed by atoms with Crippen molar-refractivity contribution in [2.45, 2.75) is 40.3 Å². The lowest BCUT2D eigenvalue weighted by Crippen LogP contribution is -2.32. The molecule has 1 aliphatic heterocycles. The van der Waals surface area contributed by atoms with Crippen LogP contribution in [0.25, 0.3) is 0 Å². The van der Waals surface area contributed by atoms with Crippen molar-refractivity contribution in [1.82, 2.24) is 5.32 Å². The van der Waals surface area contributed by atoms with Gasteiger partial charge < -0.3 is 10.1 Å². The van der Waals surface area contributed by atoms with E-state index in [4.69, 9.17) is 4.74 Å². The van der Waals surface area contributed by atoms with Gasteiger partial charge in [-0.05, 0) is 34.4 Å². The normalized spacial score (nSPS) is 27.9. The van der Waals surface area contributed by atoms with Crippen molar-refractivity contribution in [2.75, 3.05) is 13.2 Å². The van der Waals surface area contributed by atoms with Crippen LogP contribution in [0.15, 0.2) is 24.3 Å². The SMILES string of the molecule is CC1(C)C(CNC2COCc3ccccc32)C1(C)C. The van der Waals surface area contributed by atoms with E-state index in [1.54, 1.807) is 0 Å². The van der Waals surface area contributed by atoms with Crippen LogP contribution in [0.2, 0.25) is 0 Å². The van der Waals surface area contributed by atoms with Crippen LogP contribution in [-0.2, 0) is 11.3 Å². The quantitative estimate of drug-likeness (QED) is 0.896. The minimum absolute atomic E-state index is 0.358. The van der Waals surface area contributed by atoms with Gasteiger partial charge in [-0.15, -0.1) is 0 Å². The van der Waals surface area contributed by atoms with E-state index >= 15 is 0 Å². The highest BCUT2D eigenvalue weighted by Gasteiger charge is 2.63. The van der Waals surface area contributed by atoms with Crippen LogP contribution in [0.5, 0.6) is 0 Å². The molecule has 3 rings (SSSR count). The van der Waals surface area contributed by atoms with Gasteiger partial charge in [0, 0.05) is 0 Å². The summed E-state index contributed by atoms with van der Waals surface area (Å²) in [5, 5.41) is 3.73. The smallest absolute Gasteiger partial charge is 0.0721 e. The lowest BCUT2D eigenvalue weighted by molar-refractivity contribution is 0.0814. The molecule has 1 N–H and O–H groups in total. The Labute approximate surface area is 116 Å². The molecule has 1 aromatic rings. The molecule has 2 nitrogen and oxygen atoms in total. The van der Waals surface area contributed by atoms with Gasteiger partial charge in [0.2, 0.25) is 0 Å². The summed E-state index contributed by atoms with van der Waals surface area (Å²) in [5.74, 6) is 0.758. The van der Waals surface area contributed by atoms with Crippen LogP contribution in [0.4, 0.5) is 0 Å². The van der Waals surface area contributed by atoms with Crippen molar-refractivity contribution in [3.63, 3.8) is 0 Å². The summed E-state index contributed by atoms with van der Waals surface area (Å²) in [5.41, 5.74) is 3.66. The van der Waals surface area contributed by atoms with Crippen molar-refractivity contribution >= 4 is 0 Å². The third kappa shape index (κ3) is 2.02. The first kappa shape index (κ1) is 13.1. The molecule has 0 radical (unpaired) electrons. The van der Waals surface area contributed by atoms with Gasteiger partial charge in [0.05, 0.1) is 19.3 Å². The monoisotopic (exact) mass is 259 g/mol. The average molecular weight is 259 g/mol. The van der Waals surface area contributed by atoms with Gasteiger partial charge in [0.1, 0.15) is 0 Å². The van der Waals surface area contributed by atoms with Gasteiger partial charge in [-0.25, -0.2) is 0 Å². The standard InChI is InChI=1S/C17H25NO/c1-16(2)15(17(16,3)4)9-18-14-11-19-10-12-7-5-6-8-13(12)14/h5-8,14-15,18H,9-11H2,1-4H3.